The number of unbranched alkanes of at least 4 members (excludes halogenated alkanes) is 5. The summed E-state index contributed by atoms with van der Waals surface area (Å²) in [5, 5.41) is -0.0829. The molecular formula is C9H17OS. The van der Waals surface area contributed by atoms with Crippen LogP contribution in [-0.2, 0) is 4.79 Å². The van der Waals surface area contributed by atoms with Crippen LogP contribution in [0.3, 0.4) is 0 Å². The van der Waals surface area contributed by atoms with Gasteiger partial charge in [0.15, 0.2) is 0 Å². The van der Waals surface area contributed by atoms with Gasteiger partial charge < -0.3 is 0 Å². The quantitative estimate of drug-likeness (QED) is 0.539. The first-order valence-electron chi connectivity index (χ1n) is 4.47. The number of carbonyl (C=O) groups is 1. The summed E-state index contributed by atoms with van der Waals surface area (Å²) >= 11 is 4.44. The smallest absolute Gasteiger partial charge is 0.218 e. The van der Waals surface area contributed by atoms with E-state index in [4.69, 9.17) is 0 Å². The van der Waals surface area contributed by atoms with Gasteiger partial charge >= 0.3 is 0 Å². The van der Waals surface area contributed by atoms with E-state index in [2.05, 4.69) is 19.6 Å². The number of hydrogen-bond acceptors (Lipinski definition) is 1. The Morgan fingerprint density at radius 2 is 1.64 bits per heavy atom. The first kappa shape index (κ1) is 10.9. The molecule has 0 spiro atoms. The third-order valence-electron chi connectivity index (χ3n) is 1.73. The van der Waals surface area contributed by atoms with Crippen LogP contribution in [0.5, 0.6) is 0 Å². The highest BCUT2D eigenvalue weighted by Gasteiger charge is 1.94. The molecule has 11 heavy (non-hydrogen) atoms. The summed E-state index contributed by atoms with van der Waals surface area (Å²) in [5.74, 6) is 0. The molecule has 0 aliphatic heterocycles. The van der Waals surface area contributed by atoms with Crippen molar-refractivity contribution < 1.29 is 4.79 Å². The van der Waals surface area contributed by atoms with E-state index in [0.717, 1.165) is 6.42 Å². The molecule has 0 rings (SSSR count). The Balaban J connectivity index is 2.85. The van der Waals surface area contributed by atoms with Gasteiger partial charge in [0.05, 0.1) is 0 Å². The number of rotatable bonds is 7. The summed E-state index contributed by atoms with van der Waals surface area (Å²) in [4.78, 5) is 10.3. The SMILES string of the molecule is CCCCCCCCC(=O)[S]. The molecule has 0 aliphatic rings. The van der Waals surface area contributed by atoms with Crippen LogP contribution in [0.15, 0.2) is 0 Å². The molecule has 0 aromatic heterocycles. The predicted molar refractivity (Wildman–Crippen MR) is 50.6 cm³/mol. The summed E-state index contributed by atoms with van der Waals surface area (Å²) in [6.45, 7) is 2.20. The fourth-order valence-electron chi connectivity index (χ4n) is 1.05. The van der Waals surface area contributed by atoms with E-state index in [9.17, 15) is 4.79 Å². The van der Waals surface area contributed by atoms with Gasteiger partial charge in [-0.25, -0.2) is 0 Å². The molecule has 2 heteroatoms. The molecule has 0 bridgehead atoms. The second-order valence-electron chi connectivity index (χ2n) is 2.89. The normalized spacial score (nSPS) is 9.91. The number of hydrogen-bond donors (Lipinski definition) is 0. The molecule has 0 unspecified atom stereocenters. The second-order valence-corrected chi connectivity index (χ2v) is 3.35. The van der Waals surface area contributed by atoms with Gasteiger partial charge in [-0.3, -0.25) is 4.79 Å². The molecule has 0 amide bonds. The van der Waals surface area contributed by atoms with E-state index >= 15 is 0 Å². The van der Waals surface area contributed by atoms with Crippen molar-refractivity contribution in [1.82, 2.24) is 0 Å². The summed E-state index contributed by atoms with van der Waals surface area (Å²) < 4.78 is 0. The van der Waals surface area contributed by atoms with Crippen LogP contribution in [0, 0.1) is 0 Å². The van der Waals surface area contributed by atoms with Gasteiger partial charge in [0.25, 0.3) is 0 Å². The summed E-state index contributed by atoms with van der Waals surface area (Å²) in [7, 11) is 0. The minimum atomic E-state index is -0.0829. The van der Waals surface area contributed by atoms with E-state index in [1.54, 1.807) is 0 Å². The fraction of sp³-hybridized carbons (Fsp3) is 0.889. The number of carbonyl (C=O) groups excluding carboxylic acids is 1. The minimum absolute atomic E-state index is 0.0829. The monoisotopic (exact) mass is 173 g/mol. The molecule has 0 atom stereocenters. The molecule has 0 saturated heterocycles. The van der Waals surface area contributed by atoms with Crippen molar-refractivity contribution in [2.75, 3.05) is 0 Å². The Labute approximate surface area is 75.0 Å². The third-order valence-corrected chi connectivity index (χ3v) is 1.94. The lowest BCUT2D eigenvalue weighted by molar-refractivity contribution is -0.110. The first-order chi connectivity index (χ1) is 5.27. The largest absolute Gasteiger partial charge is 0.282 e. The maximum atomic E-state index is 10.3. The van der Waals surface area contributed by atoms with E-state index < -0.39 is 0 Å². The average Bonchev–Trinajstić information content (AvgIpc) is 1.96. The van der Waals surface area contributed by atoms with E-state index in [1.807, 2.05) is 0 Å². The molecule has 0 N–H and O–H groups in total. The first-order valence-corrected chi connectivity index (χ1v) is 4.88. The zero-order valence-electron chi connectivity index (χ0n) is 7.27. The lowest BCUT2D eigenvalue weighted by Gasteiger charge is -1.96. The Morgan fingerprint density at radius 1 is 1.09 bits per heavy atom. The van der Waals surface area contributed by atoms with Crippen molar-refractivity contribution in [1.29, 1.82) is 0 Å². The third kappa shape index (κ3) is 9.89. The van der Waals surface area contributed by atoms with Crippen molar-refractivity contribution in [3.8, 4) is 0 Å². The highest BCUT2D eigenvalue weighted by atomic mass is 32.1. The van der Waals surface area contributed by atoms with Crippen LogP contribution in [0.4, 0.5) is 0 Å². The predicted octanol–water partition coefficient (Wildman–Crippen LogP) is 3.46. The Kier molecular flexibility index (Phi) is 7.91. The van der Waals surface area contributed by atoms with Gasteiger partial charge in [-0.15, -0.1) is 0 Å². The fourth-order valence-corrected chi connectivity index (χ4v) is 1.19. The minimum Gasteiger partial charge on any atom is -0.282 e. The molecule has 1 radical (unpaired) electrons. The second kappa shape index (κ2) is 7.99. The molecule has 0 saturated carbocycles. The lowest BCUT2D eigenvalue weighted by Crippen LogP contribution is -1.86. The molecule has 0 aromatic rings. The average molecular weight is 173 g/mol. The molecular weight excluding hydrogens is 156 g/mol. The molecule has 0 fully saturated rings. The summed E-state index contributed by atoms with van der Waals surface area (Å²) in [6, 6.07) is 0. The van der Waals surface area contributed by atoms with Crippen molar-refractivity contribution in [3.63, 3.8) is 0 Å². The van der Waals surface area contributed by atoms with Gasteiger partial charge in [0, 0.05) is 6.42 Å². The van der Waals surface area contributed by atoms with Crippen LogP contribution in [0.1, 0.15) is 51.9 Å². The zero-order chi connectivity index (χ0) is 8.53. The molecule has 0 aliphatic carbocycles. The van der Waals surface area contributed by atoms with Crippen LogP contribution in [-0.4, -0.2) is 5.12 Å². The van der Waals surface area contributed by atoms with Gasteiger partial charge in [-0.1, -0.05) is 39.0 Å². The lowest BCUT2D eigenvalue weighted by atomic mass is 10.1. The van der Waals surface area contributed by atoms with Crippen molar-refractivity contribution in [2.45, 2.75) is 51.9 Å². The topological polar surface area (TPSA) is 17.1 Å². The van der Waals surface area contributed by atoms with Gasteiger partial charge in [-0.05, 0) is 19.0 Å². The van der Waals surface area contributed by atoms with Gasteiger partial charge in [0.1, 0.15) is 0 Å². The van der Waals surface area contributed by atoms with Crippen LogP contribution in [0.2, 0.25) is 0 Å². The van der Waals surface area contributed by atoms with Gasteiger partial charge in [-0.2, -0.15) is 0 Å². The molecule has 0 heterocycles. The summed E-state index contributed by atoms with van der Waals surface area (Å²) in [6.07, 6.45) is 7.93. The molecule has 0 aromatic carbocycles. The maximum absolute atomic E-state index is 10.3. The summed E-state index contributed by atoms with van der Waals surface area (Å²) in [5.41, 5.74) is 0. The van der Waals surface area contributed by atoms with Crippen molar-refractivity contribution in [3.05, 3.63) is 0 Å². The van der Waals surface area contributed by atoms with Crippen LogP contribution >= 0.6 is 12.6 Å². The Morgan fingerprint density at radius 3 is 2.18 bits per heavy atom. The molecule has 1 nitrogen and oxygen atoms in total. The van der Waals surface area contributed by atoms with Gasteiger partial charge in [0.2, 0.25) is 5.12 Å². The van der Waals surface area contributed by atoms with E-state index in [1.165, 1.54) is 32.1 Å². The van der Waals surface area contributed by atoms with Crippen molar-refractivity contribution >= 4 is 17.7 Å². The highest BCUT2D eigenvalue weighted by Crippen LogP contribution is 2.07. The standard InChI is InChI=1S/C9H17OS/c1-2-3-4-5-6-7-8-9(10)11/h2-8H2,1H3. The molecule has 65 valence electrons. The van der Waals surface area contributed by atoms with Crippen molar-refractivity contribution in [2.24, 2.45) is 0 Å². The Hall–Kier alpha value is -0.110. The van der Waals surface area contributed by atoms with Crippen LogP contribution in [0.25, 0.3) is 0 Å². The van der Waals surface area contributed by atoms with Crippen LogP contribution < -0.4 is 0 Å². The zero-order valence-corrected chi connectivity index (χ0v) is 8.08. The Bertz CT molecular complexity index is 102. The maximum Gasteiger partial charge on any atom is 0.218 e. The van der Waals surface area contributed by atoms with E-state index in [0.29, 0.717) is 6.42 Å². The van der Waals surface area contributed by atoms with E-state index in [-0.39, 0.29) is 5.12 Å². The highest BCUT2D eigenvalue weighted by molar-refractivity contribution is 7.96.